The second kappa shape index (κ2) is 6.16. The van der Waals surface area contributed by atoms with Gasteiger partial charge in [-0.25, -0.2) is 8.42 Å². The minimum atomic E-state index is -2.81. The van der Waals surface area contributed by atoms with E-state index in [2.05, 4.69) is 5.32 Å². The molecule has 1 atom stereocenters. The minimum Gasteiger partial charge on any atom is -0.454 e. The molecule has 1 fully saturated rings. The molecule has 0 radical (unpaired) electrons. The standard InChI is InChI=1S/C15H19NO5S/c17-15(12-3-4-13-14(8-12)21-10-20-13)16-6-1-2-11-5-7-22(18,19)9-11/h3-4,8,11H,1-2,5-7,9-10H2,(H,16,17). The van der Waals surface area contributed by atoms with Crippen LogP contribution in [0.2, 0.25) is 0 Å². The van der Waals surface area contributed by atoms with Gasteiger partial charge in [0.25, 0.3) is 5.91 Å². The third-order valence-electron chi connectivity index (χ3n) is 4.04. The van der Waals surface area contributed by atoms with Gasteiger partial charge in [-0.1, -0.05) is 0 Å². The van der Waals surface area contributed by atoms with Gasteiger partial charge in [-0.05, 0) is 43.4 Å². The molecule has 1 aromatic rings. The van der Waals surface area contributed by atoms with Gasteiger partial charge < -0.3 is 14.8 Å². The Morgan fingerprint density at radius 2 is 2.09 bits per heavy atom. The number of carbonyl (C=O) groups excluding carboxylic acids is 1. The van der Waals surface area contributed by atoms with Crippen molar-refractivity contribution in [3.63, 3.8) is 0 Å². The fourth-order valence-electron chi connectivity index (χ4n) is 2.83. The van der Waals surface area contributed by atoms with Crippen LogP contribution in [0, 0.1) is 5.92 Å². The zero-order valence-electron chi connectivity index (χ0n) is 12.2. The third-order valence-corrected chi connectivity index (χ3v) is 5.87. The van der Waals surface area contributed by atoms with E-state index in [4.69, 9.17) is 9.47 Å². The predicted molar refractivity (Wildman–Crippen MR) is 80.9 cm³/mol. The summed E-state index contributed by atoms with van der Waals surface area (Å²) in [6.45, 7) is 0.731. The van der Waals surface area contributed by atoms with Gasteiger partial charge in [0.05, 0.1) is 11.5 Å². The van der Waals surface area contributed by atoms with Gasteiger partial charge in [-0.15, -0.1) is 0 Å². The summed E-state index contributed by atoms with van der Waals surface area (Å²) >= 11 is 0. The summed E-state index contributed by atoms with van der Waals surface area (Å²) in [6, 6.07) is 5.09. The van der Waals surface area contributed by atoms with E-state index in [-0.39, 0.29) is 18.6 Å². The normalized spacial score (nSPS) is 21.7. The summed E-state index contributed by atoms with van der Waals surface area (Å²) in [4.78, 5) is 12.0. The molecule has 7 heteroatoms. The van der Waals surface area contributed by atoms with Gasteiger partial charge in [0, 0.05) is 12.1 Å². The number of fused-ring (bicyclic) bond motifs is 1. The SMILES string of the molecule is O=C(NCCCC1CCS(=O)(=O)C1)c1ccc2c(c1)OCO2. The molecule has 2 heterocycles. The highest BCUT2D eigenvalue weighted by Gasteiger charge is 2.27. The number of amides is 1. The number of hydrogen-bond donors (Lipinski definition) is 1. The molecule has 1 unspecified atom stereocenters. The molecule has 1 saturated heterocycles. The lowest BCUT2D eigenvalue weighted by molar-refractivity contribution is 0.0952. The van der Waals surface area contributed by atoms with Gasteiger partial charge in [0.15, 0.2) is 21.3 Å². The number of hydrogen-bond acceptors (Lipinski definition) is 5. The predicted octanol–water partition coefficient (Wildman–Crippen LogP) is 1.36. The minimum absolute atomic E-state index is 0.155. The highest BCUT2D eigenvalue weighted by atomic mass is 32.2. The number of ether oxygens (including phenoxy) is 2. The summed E-state index contributed by atoms with van der Waals surface area (Å²) in [5.74, 6) is 1.93. The van der Waals surface area contributed by atoms with Crippen molar-refractivity contribution in [2.24, 2.45) is 5.92 Å². The molecule has 22 heavy (non-hydrogen) atoms. The van der Waals surface area contributed by atoms with Crippen molar-refractivity contribution in [2.45, 2.75) is 19.3 Å². The zero-order chi connectivity index (χ0) is 15.6. The summed E-state index contributed by atoms with van der Waals surface area (Å²) in [5.41, 5.74) is 0.535. The average Bonchev–Trinajstić information content (AvgIpc) is 3.08. The van der Waals surface area contributed by atoms with Crippen molar-refractivity contribution in [1.29, 1.82) is 0 Å². The Balaban J connectivity index is 1.43. The number of carbonyl (C=O) groups is 1. The van der Waals surface area contributed by atoms with E-state index >= 15 is 0 Å². The van der Waals surface area contributed by atoms with Crippen LogP contribution in [-0.2, 0) is 9.84 Å². The maximum Gasteiger partial charge on any atom is 0.251 e. The highest BCUT2D eigenvalue weighted by Crippen LogP contribution is 2.32. The number of rotatable bonds is 5. The molecule has 3 rings (SSSR count). The Bertz CT molecular complexity index is 671. The Kier molecular flexibility index (Phi) is 4.24. The van der Waals surface area contributed by atoms with Crippen molar-refractivity contribution in [1.82, 2.24) is 5.32 Å². The first-order valence-corrected chi connectivity index (χ1v) is 9.24. The van der Waals surface area contributed by atoms with Crippen LogP contribution in [0.25, 0.3) is 0 Å². The average molecular weight is 325 g/mol. The van der Waals surface area contributed by atoms with E-state index in [1.165, 1.54) is 0 Å². The molecule has 0 bridgehead atoms. The molecular formula is C15H19NO5S. The maximum atomic E-state index is 12.0. The lowest BCUT2D eigenvalue weighted by Crippen LogP contribution is -2.24. The van der Waals surface area contributed by atoms with Gasteiger partial charge >= 0.3 is 0 Å². The summed E-state index contributed by atoms with van der Waals surface area (Å²) in [6.07, 6.45) is 2.37. The van der Waals surface area contributed by atoms with E-state index in [1.54, 1.807) is 18.2 Å². The first-order chi connectivity index (χ1) is 10.5. The Morgan fingerprint density at radius 3 is 2.86 bits per heavy atom. The van der Waals surface area contributed by atoms with Crippen LogP contribution in [0.15, 0.2) is 18.2 Å². The van der Waals surface area contributed by atoms with Crippen molar-refractivity contribution in [3.05, 3.63) is 23.8 Å². The van der Waals surface area contributed by atoms with Crippen LogP contribution in [0.3, 0.4) is 0 Å². The molecule has 1 amide bonds. The monoisotopic (exact) mass is 325 g/mol. The van der Waals surface area contributed by atoms with Crippen molar-refractivity contribution < 1.29 is 22.7 Å². The fourth-order valence-corrected chi connectivity index (χ4v) is 4.74. The van der Waals surface area contributed by atoms with Crippen molar-refractivity contribution >= 4 is 15.7 Å². The fraction of sp³-hybridized carbons (Fsp3) is 0.533. The number of nitrogens with one attached hydrogen (secondary N) is 1. The van der Waals surface area contributed by atoms with E-state index in [9.17, 15) is 13.2 Å². The van der Waals surface area contributed by atoms with E-state index in [1.807, 2.05) is 0 Å². The van der Waals surface area contributed by atoms with Crippen LogP contribution in [-0.4, -0.2) is 39.2 Å². The molecule has 2 aliphatic rings. The van der Waals surface area contributed by atoms with Crippen molar-refractivity contribution in [2.75, 3.05) is 24.8 Å². The largest absolute Gasteiger partial charge is 0.454 e. The van der Waals surface area contributed by atoms with E-state index < -0.39 is 9.84 Å². The molecule has 1 N–H and O–H groups in total. The Morgan fingerprint density at radius 1 is 1.27 bits per heavy atom. The Hall–Kier alpha value is -1.76. The van der Waals surface area contributed by atoms with Gasteiger partial charge in [0.1, 0.15) is 0 Å². The molecular weight excluding hydrogens is 306 g/mol. The summed E-state index contributed by atoms with van der Waals surface area (Å²) < 4.78 is 33.2. The zero-order valence-corrected chi connectivity index (χ0v) is 13.0. The van der Waals surface area contributed by atoms with Gasteiger partial charge in [-0.3, -0.25) is 4.79 Å². The van der Waals surface area contributed by atoms with E-state index in [0.717, 1.165) is 19.3 Å². The lowest BCUT2D eigenvalue weighted by Gasteiger charge is -2.09. The molecule has 0 aromatic heterocycles. The Labute approximate surface area is 129 Å². The number of sulfone groups is 1. The van der Waals surface area contributed by atoms with Crippen LogP contribution in [0.5, 0.6) is 11.5 Å². The molecule has 120 valence electrons. The molecule has 2 aliphatic heterocycles. The molecule has 0 spiro atoms. The third kappa shape index (κ3) is 3.52. The second-order valence-electron chi connectivity index (χ2n) is 5.74. The van der Waals surface area contributed by atoms with Crippen LogP contribution < -0.4 is 14.8 Å². The van der Waals surface area contributed by atoms with E-state index in [0.29, 0.717) is 35.1 Å². The smallest absolute Gasteiger partial charge is 0.251 e. The maximum absolute atomic E-state index is 12.0. The molecule has 0 saturated carbocycles. The number of benzene rings is 1. The van der Waals surface area contributed by atoms with Crippen LogP contribution in [0.1, 0.15) is 29.6 Å². The second-order valence-corrected chi connectivity index (χ2v) is 7.96. The van der Waals surface area contributed by atoms with Gasteiger partial charge in [0.2, 0.25) is 6.79 Å². The topological polar surface area (TPSA) is 81.7 Å². The first kappa shape index (κ1) is 15.1. The molecule has 6 nitrogen and oxygen atoms in total. The molecule has 1 aromatic carbocycles. The lowest BCUT2D eigenvalue weighted by atomic mass is 10.0. The summed E-state index contributed by atoms with van der Waals surface area (Å²) in [7, 11) is -2.81. The van der Waals surface area contributed by atoms with Gasteiger partial charge in [-0.2, -0.15) is 0 Å². The first-order valence-electron chi connectivity index (χ1n) is 7.42. The van der Waals surface area contributed by atoms with Crippen molar-refractivity contribution in [3.8, 4) is 11.5 Å². The van der Waals surface area contributed by atoms with Crippen LogP contribution in [0.4, 0.5) is 0 Å². The highest BCUT2D eigenvalue weighted by molar-refractivity contribution is 7.91. The quantitative estimate of drug-likeness (QED) is 0.827. The van der Waals surface area contributed by atoms with Crippen LogP contribution >= 0.6 is 0 Å². The summed E-state index contributed by atoms with van der Waals surface area (Å²) in [5, 5.41) is 2.85. The molecule has 0 aliphatic carbocycles.